The first kappa shape index (κ1) is 7.85. The van der Waals surface area contributed by atoms with E-state index in [2.05, 4.69) is 16.1 Å². The van der Waals surface area contributed by atoms with Crippen LogP contribution in [-0.4, -0.2) is 0 Å². The van der Waals surface area contributed by atoms with E-state index in [1.165, 1.54) is 4.03 Å². The van der Waals surface area contributed by atoms with Crippen molar-refractivity contribution in [3.05, 3.63) is 29.3 Å². The number of hydrogen-bond acceptors (Lipinski definition) is 2. The maximum Gasteiger partial charge on any atom is 0.0669 e. The van der Waals surface area contributed by atoms with Gasteiger partial charge in [-0.15, -0.1) is 0 Å². The molecule has 1 aromatic carbocycles. The minimum atomic E-state index is 0.707. The molecule has 0 aliphatic rings. The van der Waals surface area contributed by atoms with Crippen LogP contribution in [0.3, 0.4) is 0 Å². The molecule has 0 fully saturated rings. The second-order valence-electron chi connectivity index (χ2n) is 1.79. The van der Waals surface area contributed by atoms with Gasteiger partial charge in [0.15, 0.2) is 0 Å². The van der Waals surface area contributed by atoms with Crippen molar-refractivity contribution in [1.29, 1.82) is 0 Å². The Bertz CT molecular complexity index is 209. The Balaban J connectivity index is 2.89. The third-order valence-electron chi connectivity index (χ3n) is 1.07. The highest BCUT2D eigenvalue weighted by Crippen LogP contribution is 2.17. The van der Waals surface area contributed by atoms with E-state index in [4.69, 9.17) is 17.4 Å². The molecule has 0 spiro atoms. The lowest BCUT2D eigenvalue weighted by Gasteiger charge is -2.07. The molecule has 0 saturated carbocycles. The van der Waals surface area contributed by atoms with Crippen molar-refractivity contribution in [2.75, 3.05) is 4.03 Å². The average molecular weight is 221 g/mol. The quantitative estimate of drug-likeness (QED) is 0.448. The van der Waals surface area contributed by atoms with Gasteiger partial charge >= 0.3 is 0 Å². The first-order valence-corrected chi connectivity index (χ1v) is 3.75. The molecule has 0 heterocycles. The van der Waals surface area contributed by atoms with Crippen molar-refractivity contribution < 1.29 is 0 Å². The number of halogens is 2. The normalized spacial score (nSPS) is 9.50. The molecule has 0 bridgehead atoms. The second kappa shape index (κ2) is 3.23. The molecule has 2 N–H and O–H groups in total. The molecule has 0 aliphatic carbocycles. The van der Waals surface area contributed by atoms with Gasteiger partial charge in [0.1, 0.15) is 0 Å². The summed E-state index contributed by atoms with van der Waals surface area (Å²) in [6.07, 6.45) is 0. The number of anilines is 1. The highest BCUT2D eigenvalue weighted by Gasteiger charge is 1.94. The molecule has 4 heteroatoms. The monoisotopic (exact) mass is 220 g/mol. The fourth-order valence-corrected chi connectivity index (χ4v) is 0.946. The first-order chi connectivity index (χ1) is 4.70. The number of hydrazine groups is 1. The van der Waals surface area contributed by atoms with Crippen molar-refractivity contribution in [1.82, 2.24) is 0 Å². The average Bonchev–Trinajstić information content (AvgIpc) is 1.88. The van der Waals surface area contributed by atoms with Gasteiger partial charge in [-0.2, -0.15) is 0 Å². The van der Waals surface area contributed by atoms with Gasteiger partial charge in [0.2, 0.25) is 0 Å². The molecule has 0 saturated heterocycles. The highest BCUT2D eigenvalue weighted by molar-refractivity contribution is 9.10. The Morgan fingerprint density at radius 1 is 1.30 bits per heavy atom. The van der Waals surface area contributed by atoms with Crippen LogP contribution in [0.25, 0.3) is 0 Å². The summed E-state index contributed by atoms with van der Waals surface area (Å²) in [4.78, 5) is 0. The number of hydrogen-bond donors (Lipinski definition) is 1. The lowest BCUT2D eigenvalue weighted by molar-refractivity contribution is 1.23. The summed E-state index contributed by atoms with van der Waals surface area (Å²) >= 11 is 8.72. The summed E-state index contributed by atoms with van der Waals surface area (Å²) in [6.45, 7) is 0. The molecule has 1 rings (SSSR count). The number of nitrogens with zero attached hydrogens (tertiary/aromatic N) is 1. The Morgan fingerprint density at radius 3 is 2.20 bits per heavy atom. The first-order valence-electron chi connectivity index (χ1n) is 2.66. The van der Waals surface area contributed by atoms with E-state index in [9.17, 15) is 0 Å². The van der Waals surface area contributed by atoms with Gasteiger partial charge < -0.3 is 0 Å². The Kier molecular flexibility index (Phi) is 2.54. The zero-order valence-corrected chi connectivity index (χ0v) is 7.43. The molecule has 2 nitrogen and oxygen atoms in total. The van der Waals surface area contributed by atoms with Crippen molar-refractivity contribution in [2.45, 2.75) is 0 Å². The van der Waals surface area contributed by atoms with Gasteiger partial charge in [-0.3, -0.25) is 0 Å². The molecule has 0 unspecified atom stereocenters. The van der Waals surface area contributed by atoms with Crippen LogP contribution in [0.5, 0.6) is 0 Å². The molecule has 0 aromatic heterocycles. The predicted octanol–water partition coefficient (Wildman–Crippen LogP) is 2.33. The maximum atomic E-state index is 5.64. The summed E-state index contributed by atoms with van der Waals surface area (Å²) in [5.41, 5.74) is 0.865. The molecule has 0 amide bonds. The van der Waals surface area contributed by atoms with Gasteiger partial charge in [-0.25, -0.2) is 9.88 Å². The van der Waals surface area contributed by atoms with E-state index < -0.39 is 0 Å². The third kappa shape index (κ3) is 1.87. The van der Waals surface area contributed by atoms with E-state index >= 15 is 0 Å². The van der Waals surface area contributed by atoms with E-state index in [0.717, 1.165) is 5.69 Å². The zero-order valence-electron chi connectivity index (χ0n) is 5.09. The smallest absolute Gasteiger partial charge is 0.0669 e. The second-order valence-corrected chi connectivity index (χ2v) is 2.99. The van der Waals surface area contributed by atoms with Crippen LogP contribution in [0.15, 0.2) is 24.3 Å². The van der Waals surface area contributed by atoms with Crippen LogP contribution >= 0.6 is 27.7 Å². The zero-order chi connectivity index (χ0) is 7.56. The van der Waals surface area contributed by atoms with Crippen molar-refractivity contribution in [3.8, 4) is 0 Å². The van der Waals surface area contributed by atoms with E-state index in [1.54, 1.807) is 12.1 Å². The van der Waals surface area contributed by atoms with Crippen molar-refractivity contribution in [3.63, 3.8) is 0 Å². The van der Waals surface area contributed by atoms with Crippen LogP contribution in [0, 0.1) is 0 Å². The van der Waals surface area contributed by atoms with Gasteiger partial charge in [0.25, 0.3) is 0 Å². The molecule has 10 heavy (non-hydrogen) atoms. The van der Waals surface area contributed by atoms with Gasteiger partial charge in [0, 0.05) is 5.02 Å². The summed E-state index contributed by atoms with van der Waals surface area (Å²) in [5.74, 6) is 5.37. The van der Waals surface area contributed by atoms with Gasteiger partial charge in [-0.1, -0.05) is 11.6 Å². The van der Waals surface area contributed by atoms with E-state index in [0.29, 0.717) is 5.02 Å². The molecular formula is C6H6BrClN2. The largest absolute Gasteiger partial charge is 0.245 e. The summed E-state index contributed by atoms with van der Waals surface area (Å²) in [7, 11) is 0. The third-order valence-corrected chi connectivity index (χ3v) is 1.73. The van der Waals surface area contributed by atoms with Gasteiger partial charge in [-0.05, 0) is 24.3 Å². The summed E-state index contributed by atoms with van der Waals surface area (Å²) < 4.78 is 1.35. The maximum absolute atomic E-state index is 5.64. The molecule has 54 valence electrons. The summed E-state index contributed by atoms with van der Waals surface area (Å²) in [6, 6.07) is 7.18. The Labute approximate surface area is 72.9 Å². The number of rotatable bonds is 1. The highest BCUT2D eigenvalue weighted by atomic mass is 79.9. The van der Waals surface area contributed by atoms with Gasteiger partial charge in [0.05, 0.1) is 21.8 Å². The lowest BCUT2D eigenvalue weighted by atomic mass is 10.3. The molecule has 0 atom stereocenters. The molecular weight excluding hydrogens is 215 g/mol. The SMILES string of the molecule is NN(Br)c1ccc(Cl)cc1. The molecule has 0 aliphatic heterocycles. The Hall–Kier alpha value is -0.250. The topological polar surface area (TPSA) is 29.3 Å². The van der Waals surface area contributed by atoms with Crippen molar-refractivity contribution in [2.24, 2.45) is 5.84 Å². The standard InChI is InChI=1S/C6H6BrClN2/c7-10(9)6-3-1-5(8)2-4-6/h1-4H,9H2. The summed E-state index contributed by atoms with van der Waals surface area (Å²) in [5, 5.41) is 0.707. The van der Waals surface area contributed by atoms with Crippen LogP contribution in [-0.2, 0) is 0 Å². The van der Waals surface area contributed by atoms with Crippen LogP contribution < -0.4 is 9.88 Å². The fraction of sp³-hybridized carbons (Fsp3) is 0. The van der Waals surface area contributed by atoms with Crippen LogP contribution in [0.4, 0.5) is 5.69 Å². The number of nitrogens with two attached hydrogens (primary N) is 1. The van der Waals surface area contributed by atoms with Crippen LogP contribution in [0.2, 0.25) is 5.02 Å². The fourth-order valence-electron chi connectivity index (χ4n) is 0.584. The van der Waals surface area contributed by atoms with E-state index in [-0.39, 0.29) is 0 Å². The predicted molar refractivity (Wildman–Crippen MR) is 47.0 cm³/mol. The van der Waals surface area contributed by atoms with E-state index in [1.807, 2.05) is 12.1 Å². The number of benzene rings is 1. The lowest BCUT2D eigenvalue weighted by Crippen LogP contribution is -2.17. The minimum Gasteiger partial charge on any atom is -0.245 e. The molecule has 0 radical (unpaired) electrons. The van der Waals surface area contributed by atoms with Crippen molar-refractivity contribution >= 4 is 33.4 Å². The molecule has 1 aromatic rings. The Morgan fingerprint density at radius 2 is 1.80 bits per heavy atom. The van der Waals surface area contributed by atoms with Crippen LogP contribution in [0.1, 0.15) is 0 Å². The minimum absolute atomic E-state index is 0.707.